The van der Waals surface area contributed by atoms with Crippen LogP contribution in [0.5, 0.6) is 0 Å². The average Bonchev–Trinajstić information content (AvgIpc) is 3.31. The highest BCUT2D eigenvalue weighted by Gasteiger charge is 2.53. The summed E-state index contributed by atoms with van der Waals surface area (Å²) in [5, 5.41) is 33.8. The lowest BCUT2D eigenvalue weighted by molar-refractivity contribution is -0.385. The highest BCUT2D eigenvalue weighted by molar-refractivity contribution is 6.07. The average molecular weight is 667 g/mol. The Hall–Kier alpha value is -4.87. The largest absolute Gasteiger partial charge is 0.394 e. The highest BCUT2D eigenvalue weighted by Crippen LogP contribution is 2.47. The van der Waals surface area contributed by atoms with Crippen molar-refractivity contribution in [3.63, 3.8) is 0 Å². The van der Waals surface area contributed by atoms with Crippen LogP contribution in [0.15, 0.2) is 78.9 Å². The van der Waals surface area contributed by atoms with Crippen LogP contribution in [0.4, 0.5) is 17.1 Å². The summed E-state index contributed by atoms with van der Waals surface area (Å²) in [6.45, 7) is 2.63. The Morgan fingerprint density at radius 2 is 1.78 bits per heavy atom. The van der Waals surface area contributed by atoms with Gasteiger partial charge in [0.05, 0.1) is 29.8 Å². The molecule has 3 heterocycles. The second-order valence-corrected chi connectivity index (χ2v) is 13.2. The molecule has 0 saturated carbocycles. The predicted octanol–water partition coefficient (Wildman–Crippen LogP) is 5.15. The van der Waals surface area contributed by atoms with Gasteiger partial charge in [-0.3, -0.25) is 24.5 Å². The van der Waals surface area contributed by atoms with Crippen LogP contribution in [0.2, 0.25) is 0 Å². The topological polar surface area (TPSA) is 145 Å². The molecule has 3 aromatic rings. The second-order valence-electron chi connectivity index (χ2n) is 13.2. The van der Waals surface area contributed by atoms with Crippen molar-refractivity contribution < 1.29 is 29.5 Å². The third kappa shape index (κ3) is 6.73. The number of aliphatic hydroxyl groups is 2. The first-order valence-corrected chi connectivity index (χ1v) is 17.0. The molecular formula is C38H42N4O7. The van der Waals surface area contributed by atoms with Crippen molar-refractivity contribution in [3.8, 4) is 0 Å². The van der Waals surface area contributed by atoms with Gasteiger partial charge in [0.2, 0.25) is 11.8 Å². The third-order valence-corrected chi connectivity index (χ3v) is 10.1. The van der Waals surface area contributed by atoms with Crippen LogP contribution >= 0.6 is 0 Å². The number of benzene rings is 3. The number of nitrogens with zero attached hydrogens (tertiary/aromatic N) is 4. The fourth-order valence-electron chi connectivity index (χ4n) is 7.27. The van der Waals surface area contributed by atoms with Gasteiger partial charge in [-0.15, -0.1) is 0 Å². The van der Waals surface area contributed by atoms with Crippen molar-refractivity contribution in [2.45, 2.75) is 76.6 Å². The Bertz CT molecular complexity index is 1770. The first-order chi connectivity index (χ1) is 23.6. The summed E-state index contributed by atoms with van der Waals surface area (Å²) in [5.41, 5.74) is 1.83. The Labute approximate surface area is 285 Å². The summed E-state index contributed by atoms with van der Waals surface area (Å²) in [7, 11) is 0. The normalized spacial score (nSPS) is 21.7. The van der Waals surface area contributed by atoms with Crippen LogP contribution in [0, 0.1) is 16.0 Å². The Morgan fingerprint density at radius 1 is 1.04 bits per heavy atom. The number of fused-ring (bicyclic) bond motifs is 2. The van der Waals surface area contributed by atoms with Gasteiger partial charge >= 0.3 is 0 Å². The number of carbonyl (C=O) groups is 3. The molecule has 0 radical (unpaired) electrons. The van der Waals surface area contributed by atoms with Gasteiger partial charge in [-0.1, -0.05) is 68.3 Å². The molecule has 3 amide bonds. The molecule has 0 bridgehead atoms. The van der Waals surface area contributed by atoms with Crippen molar-refractivity contribution >= 4 is 34.8 Å². The van der Waals surface area contributed by atoms with Gasteiger partial charge in [0.25, 0.3) is 11.6 Å². The van der Waals surface area contributed by atoms with E-state index in [0.717, 1.165) is 48.1 Å². The molecule has 0 spiro atoms. The minimum absolute atomic E-state index is 0.00927. The number of nitro groups is 1. The summed E-state index contributed by atoms with van der Waals surface area (Å²) < 4.78 is 0. The molecule has 3 aromatic carbocycles. The van der Waals surface area contributed by atoms with Gasteiger partial charge in [-0.25, -0.2) is 0 Å². The van der Waals surface area contributed by atoms with Crippen molar-refractivity contribution in [2.75, 3.05) is 23.0 Å². The molecule has 3 aliphatic heterocycles. The maximum atomic E-state index is 14.1. The maximum absolute atomic E-state index is 14.1. The molecule has 1 saturated heterocycles. The first kappa shape index (κ1) is 34.0. The quantitative estimate of drug-likeness (QED) is 0.183. The lowest BCUT2D eigenvalue weighted by atomic mass is 9.82. The minimum atomic E-state index is -2.12. The molecule has 49 heavy (non-hydrogen) atoms. The standard InChI is InChI=1S/C38H42N4O7/c1-26(9-8-13-36(45)40-24-29-11-6-5-10-28(29)21-32(40)25-43)38(47)33-22-31(42(48)49)18-19-34(33)41(37(38)46)23-27-14-16-30(17-15-27)39-20-7-3-2-4-12-35(39)44/h5-6,8-11,14-19,22,26,32,43,47H,2-4,7,12-13,20-21,23-25H2,1H3/b9-8+/t26-,32+,38+/m1/s1. The number of hydrogen-bond donors (Lipinski definition) is 2. The Balaban J connectivity index is 1.20. The smallest absolute Gasteiger partial charge is 0.269 e. The molecule has 0 unspecified atom stereocenters. The summed E-state index contributed by atoms with van der Waals surface area (Å²) >= 11 is 0. The molecule has 11 nitrogen and oxygen atoms in total. The fraction of sp³-hybridized carbons (Fsp3) is 0.395. The zero-order valence-electron chi connectivity index (χ0n) is 27.7. The van der Waals surface area contributed by atoms with Crippen molar-refractivity contribution in [2.24, 2.45) is 5.92 Å². The first-order valence-electron chi connectivity index (χ1n) is 17.0. The van der Waals surface area contributed by atoms with Gasteiger partial charge in [-0.2, -0.15) is 0 Å². The van der Waals surface area contributed by atoms with Crippen molar-refractivity contribution in [1.29, 1.82) is 0 Å². The van der Waals surface area contributed by atoms with E-state index < -0.39 is 22.3 Å². The van der Waals surface area contributed by atoms with Crippen molar-refractivity contribution in [3.05, 3.63) is 111 Å². The van der Waals surface area contributed by atoms with Crippen LogP contribution in [0.25, 0.3) is 0 Å². The van der Waals surface area contributed by atoms with Crippen LogP contribution in [-0.4, -0.2) is 57.0 Å². The monoisotopic (exact) mass is 666 g/mol. The predicted molar refractivity (Wildman–Crippen MR) is 185 cm³/mol. The summed E-state index contributed by atoms with van der Waals surface area (Å²) in [6, 6.07) is 19.0. The number of nitro benzene ring substituents is 1. The molecule has 0 aliphatic carbocycles. The third-order valence-electron chi connectivity index (χ3n) is 10.1. The van der Waals surface area contributed by atoms with Gasteiger partial charge in [0, 0.05) is 55.2 Å². The second kappa shape index (κ2) is 14.3. The summed E-state index contributed by atoms with van der Waals surface area (Å²) in [5.74, 6) is -1.56. The fourth-order valence-corrected chi connectivity index (χ4v) is 7.27. The van der Waals surface area contributed by atoms with E-state index in [9.17, 15) is 34.7 Å². The van der Waals surface area contributed by atoms with Gasteiger partial charge in [0.15, 0.2) is 5.60 Å². The Kier molecular flexibility index (Phi) is 9.94. The maximum Gasteiger partial charge on any atom is 0.269 e. The van der Waals surface area contributed by atoms with Crippen LogP contribution in [0.1, 0.15) is 67.7 Å². The molecule has 3 atom stereocenters. The number of carbonyl (C=O) groups excluding carboxylic acids is 3. The number of amides is 3. The molecule has 2 N–H and O–H groups in total. The molecule has 256 valence electrons. The van der Waals surface area contributed by atoms with Gasteiger partial charge in [0.1, 0.15) is 0 Å². The lowest BCUT2D eigenvalue weighted by Gasteiger charge is -2.36. The summed E-state index contributed by atoms with van der Waals surface area (Å²) in [4.78, 5) is 56.2. The molecular weight excluding hydrogens is 624 g/mol. The van der Waals surface area contributed by atoms with E-state index in [1.54, 1.807) is 24.0 Å². The molecule has 3 aliphatic rings. The van der Waals surface area contributed by atoms with Crippen LogP contribution in [0.3, 0.4) is 0 Å². The van der Waals surface area contributed by atoms with Crippen LogP contribution in [-0.2, 0) is 39.5 Å². The molecule has 1 fully saturated rings. The molecule has 11 heteroatoms. The molecule has 0 aromatic heterocycles. The minimum Gasteiger partial charge on any atom is -0.394 e. The van der Waals surface area contributed by atoms with Gasteiger partial charge in [-0.05, 0) is 54.2 Å². The SMILES string of the molecule is C[C@H](/C=C/CC(=O)N1Cc2ccccc2C[C@H]1CO)[C@@]1(O)C(=O)N(Cc2ccc(N3CCCCCCC3=O)cc2)c2ccc([N+](=O)[O-])cc21. The van der Waals surface area contributed by atoms with E-state index in [0.29, 0.717) is 31.6 Å². The van der Waals surface area contributed by atoms with Crippen molar-refractivity contribution in [1.82, 2.24) is 4.90 Å². The number of aliphatic hydroxyl groups excluding tert-OH is 1. The lowest BCUT2D eigenvalue weighted by Crippen LogP contribution is -2.46. The Morgan fingerprint density at radius 3 is 2.51 bits per heavy atom. The molecule has 6 rings (SSSR count). The number of non-ortho nitro benzene ring substituents is 1. The van der Waals surface area contributed by atoms with E-state index in [-0.39, 0.29) is 48.7 Å². The number of rotatable bonds is 9. The van der Waals surface area contributed by atoms with E-state index in [2.05, 4.69) is 0 Å². The highest BCUT2D eigenvalue weighted by atomic mass is 16.6. The van der Waals surface area contributed by atoms with Crippen LogP contribution < -0.4 is 9.80 Å². The van der Waals surface area contributed by atoms with E-state index >= 15 is 0 Å². The summed E-state index contributed by atoms with van der Waals surface area (Å²) in [6.07, 6.45) is 8.23. The number of anilines is 2. The van der Waals surface area contributed by atoms with Gasteiger partial charge < -0.3 is 24.9 Å². The zero-order chi connectivity index (χ0) is 34.7. The van der Waals surface area contributed by atoms with E-state index in [1.165, 1.54) is 23.1 Å². The number of hydrogen-bond acceptors (Lipinski definition) is 7. The zero-order valence-corrected chi connectivity index (χ0v) is 27.7. The van der Waals surface area contributed by atoms with E-state index in [4.69, 9.17) is 0 Å². The van der Waals surface area contributed by atoms with E-state index in [1.807, 2.05) is 53.4 Å².